The molecule has 416 valence electrons. The van der Waals surface area contributed by atoms with E-state index in [9.17, 15) is 0 Å². The van der Waals surface area contributed by atoms with E-state index < -0.39 is 5.41 Å². The molecule has 0 amide bonds. The Morgan fingerprint density at radius 3 is 1.59 bits per heavy atom. The molecule has 9 nitrogen and oxygen atoms in total. The molecule has 0 unspecified atom stereocenters. The third kappa shape index (κ3) is 11.4. The zero-order valence-corrected chi connectivity index (χ0v) is 49.5. The van der Waals surface area contributed by atoms with E-state index in [4.69, 9.17) is 20.0 Å². The largest absolute Gasteiger partial charge is 0.358 e. The van der Waals surface area contributed by atoms with Gasteiger partial charge in [-0.15, -0.1) is 0 Å². The van der Waals surface area contributed by atoms with E-state index in [0.29, 0.717) is 13.1 Å². The van der Waals surface area contributed by atoms with Crippen LogP contribution in [0.3, 0.4) is 0 Å². The molecule has 11 rings (SSSR count). The van der Waals surface area contributed by atoms with Gasteiger partial charge in [0.05, 0.1) is 69.8 Å². The lowest BCUT2D eigenvalue weighted by Gasteiger charge is -2.22. The van der Waals surface area contributed by atoms with Crippen LogP contribution in [0.2, 0.25) is 0 Å². The first-order valence-electron chi connectivity index (χ1n) is 29.5. The number of H-pyrrole nitrogens is 4. The zero-order valence-electron chi connectivity index (χ0n) is 49.5. The molecule has 0 fully saturated rings. The fraction of sp³-hybridized carbons (Fsp3) is 0.230. The lowest BCUT2D eigenvalue weighted by Crippen LogP contribution is -2.29. The highest BCUT2D eigenvalue weighted by atomic mass is 14.9. The molecule has 0 saturated heterocycles. The van der Waals surface area contributed by atoms with Gasteiger partial charge in [-0.05, 0) is 153 Å². The molecule has 4 N–H and O–H groups in total. The molecule has 0 spiro atoms. The summed E-state index contributed by atoms with van der Waals surface area (Å²) in [7, 11) is 2.14. The lowest BCUT2D eigenvalue weighted by atomic mass is 9.84. The summed E-state index contributed by atoms with van der Waals surface area (Å²) >= 11 is 0. The average molecular weight is 1090 g/mol. The number of pyridine rings is 1. The van der Waals surface area contributed by atoms with E-state index in [1.165, 1.54) is 33.4 Å². The van der Waals surface area contributed by atoms with E-state index in [2.05, 4.69) is 263 Å². The van der Waals surface area contributed by atoms with E-state index in [0.717, 1.165) is 127 Å². The normalized spacial score (nSPS) is 15.1. The van der Waals surface area contributed by atoms with Crippen molar-refractivity contribution in [3.05, 3.63) is 290 Å². The molecule has 7 heterocycles. The minimum Gasteiger partial charge on any atom is -0.358 e. The maximum Gasteiger partial charge on any atom is 0.178 e. The number of hydrogen-bond acceptors (Lipinski definition) is 4. The number of nitrogens with zero attached hydrogens (tertiary/aromatic N) is 5. The second-order valence-corrected chi connectivity index (χ2v) is 22.8. The van der Waals surface area contributed by atoms with E-state index >= 15 is 0 Å². The van der Waals surface area contributed by atoms with Crippen molar-refractivity contribution in [2.24, 2.45) is 27.0 Å². The molecule has 0 bridgehead atoms. The quantitative estimate of drug-likeness (QED) is 0.0430. The van der Waals surface area contributed by atoms with Crippen molar-refractivity contribution in [2.75, 3.05) is 0 Å². The van der Waals surface area contributed by atoms with Gasteiger partial charge in [0, 0.05) is 57.2 Å². The van der Waals surface area contributed by atoms with Gasteiger partial charge in [-0.25, -0.2) is 9.56 Å². The molecular formula is C74H76N9+. The molecule has 2 aliphatic rings. The van der Waals surface area contributed by atoms with Gasteiger partial charge in [0.2, 0.25) is 0 Å². The van der Waals surface area contributed by atoms with Gasteiger partial charge in [-0.3, -0.25) is 15.0 Å². The number of aromatic amines is 4. The summed E-state index contributed by atoms with van der Waals surface area (Å²) in [5.74, 6) is 0. The number of nitrogens with one attached hydrogen (secondary N) is 4. The number of aromatic nitrogens is 5. The van der Waals surface area contributed by atoms with Gasteiger partial charge in [-0.1, -0.05) is 149 Å². The molecule has 83 heavy (non-hydrogen) atoms. The second-order valence-electron chi connectivity index (χ2n) is 22.8. The monoisotopic (exact) mass is 1090 g/mol. The van der Waals surface area contributed by atoms with E-state index in [1.54, 1.807) is 0 Å². The maximum atomic E-state index is 5.77. The average Bonchev–Trinajstić information content (AvgIpc) is 4.30. The minimum absolute atomic E-state index is 0.355. The number of aryl methyl sites for hydroxylation is 1. The fourth-order valence-electron chi connectivity index (χ4n) is 12.0. The Bertz CT molecular complexity index is 4050. The predicted octanol–water partition coefficient (Wildman–Crippen LogP) is 16.3. The maximum absolute atomic E-state index is 5.77. The number of rotatable bonds is 20. The standard InChI is InChI=1S/C74H76N9/c1-10-57-59(12-3)71(67(51-30-22-16-23-31-51)61-36-40-65(79-61)73(5,6)63-38-34-55(77-63)45-75-43-49-26-18-14-19-27-49)81-69(57)53-42-54(48-83(9)47-53)70-58(11-2)60(13-4)72(82-70)68(52-32-24-17-25-33-52)62-37-41-66(80-62)74(7,8)64-39-35-56(78-64)46-76-44-50-28-20-15-21-29-50/h14-42,45-48,77-79,82H,10-13,43-44H2,1-9H3/q+1/b68-62+,71-67-,75-45?,76-46?. The summed E-state index contributed by atoms with van der Waals surface area (Å²) in [6, 6.07) is 57.6. The van der Waals surface area contributed by atoms with Crippen LogP contribution >= 0.6 is 0 Å². The SMILES string of the molecule is CCC1=C(CC)/C(=C(\c2ccccc2)c2ccc(C(C)(C)c3ccc(C=NCc4ccccc4)[nH]3)[nH]2)N=C1c1cc(-c2[nH]c(/C(=C3\C=CC(C(C)(C)c4ccc(C=NCc5ccccc5)[nH]4)=N3)c3ccccc3)c(CC)c2CC)c[n+](C)c1. The van der Waals surface area contributed by atoms with Crippen LogP contribution < -0.4 is 4.57 Å². The molecule has 5 aromatic heterocycles. The van der Waals surface area contributed by atoms with Crippen LogP contribution in [-0.2, 0) is 43.8 Å². The zero-order chi connectivity index (χ0) is 57.7. The van der Waals surface area contributed by atoms with Crippen molar-refractivity contribution < 1.29 is 4.57 Å². The third-order valence-electron chi connectivity index (χ3n) is 16.6. The Hall–Kier alpha value is -9.21. The van der Waals surface area contributed by atoms with Crippen molar-refractivity contribution in [1.29, 1.82) is 0 Å². The Labute approximate surface area is 490 Å². The van der Waals surface area contributed by atoms with Crippen LogP contribution in [0.25, 0.3) is 22.4 Å². The van der Waals surface area contributed by atoms with Gasteiger partial charge in [-0.2, -0.15) is 0 Å². The van der Waals surface area contributed by atoms with Crippen molar-refractivity contribution in [1.82, 2.24) is 19.9 Å². The van der Waals surface area contributed by atoms with Crippen LogP contribution in [0.5, 0.6) is 0 Å². The van der Waals surface area contributed by atoms with E-state index in [-0.39, 0.29) is 5.41 Å². The number of benzene rings is 4. The fourth-order valence-corrected chi connectivity index (χ4v) is 12.0. The Morgan fingerprint density at radius 2 is 1.02 bits per heavy atom. The molecule has 2 aliphatic heterocycles. The Balaban J connectivity index is 0.957. The first-order chi connectivity index (χ1) is 40.4. The second kappa shape index (κ2) is 24.1. The highest BCUT2D eigenvalue weighted by Gasteiger charge is 2.34. The van der Waals surface area contributed by atoms with Crippen molar-refractivity contribution in [3.8, 4) is 11.3 Å². The first kappa shape index (κ1) is 55.7. The van der Waals surface area contributed by atoms with Gasteiger partial charge >= 0.3 is 0 Å². The first-order valence-corrected chi connectivity index (χ1v) is 29.5. The lowest BCUT2D eigenvalue weighted by molar-refractivity contribution is -0.671. The Morgan fingerprint density at radius 1 is 0.506 bits per heavy atom. The number of allylic oxidation sites excluding steroid dienone is 4. The summed E-state index contributed by atoms with van der Waals surface area (Å²) < 4.78 is 2.20. The topological polar surface area (TPSA) is 116 Å². The molecule has 9 aromatic rings. The van der Waals surface area contributed by atoms with Crippen molar-refractivity contribution in [3.63, 3.8) is 0 Å². The molecule has 0 atom stereocenters. The van der Waals surface area contributed by atoms with Crippen molar-refractivity contribution >= 4 is 35.0 Å². The molecule has 0 aliphatic carbocycles. The van der Waals surface area contributed by atoms with Crippen molar-refractivity contribution in [2.45, 2.75) is 105 Å². The minimum atomic E-state index is -0.401. The summed E-state index contributed by atoms with van der Waals surface area (Å²) in [6.07, 6.45) is 16.1. The van der Waals surface area contributed by atoms with E-state index in [1.807, 2.05) is 24.6 Å². The Kier molecular flexibility index (Phi) is 16.2. The molecular weight excluding hydrogens is 1010 g/mol. The smallest absolute Gasteiger partial charge is 0.178 e. The summed E-state index contributed by atoms with van der Waals surface area (Å²) in [5.41, 5.74) is 25.9. The summed E-state index contributed by atoms with van der Waals surface area (Å²) in [4.78, 5) is 36.1. The van der Waals surface area contributed by atoms with Crippen LogP contribution in [-0.4, -0.2) is 43.8 Å². The summed E-state index contributed by atoms with van der Waals surface area (Å²) in [5, 5.41) is 0. The predicted molar refractivity (Wildman–Crippen MR) is 345 cm³/mol. The molecule has 0 saturated carbocycles. The van der Waals surface area contributed by atoms with Gasteiger partial charge in [0.15, 0.2) is 12.4 Å². The van der Waals surface area contributed by atoms with Gasteiger partial charge in [0.25, 0.3) is 0 Å². The molecule has 9 heteroatoms. The number of hydrogen-bond donors (Lipinski definition) is 4. The van der Waals surface area contributed by atoms with Crippen LogP contribution in [0.4, 0.5) is 0 Å². The van der Waals surface area contributed by atoms with Gasteiger partial charge < -0.3 is 19.9 Å². The number of aliphatic imine (C=N–C) groups is 4. The highest BCUT2D eigenvalue weighted by molar-refractivity contribution is 6.17. The van der Waals surface area contributed by atoms with Gasteiger partial charge in [0.1, 0.15) is 7.05 Å². The summed E-state index contributed by atoms with van der Waals surface area (Å²) in [6.45, 7) is 19.4. The highest BCUT2D eigenvalue weighted by Crippen LogP contribution is 2.43. The van der Waals surface area contributed by atoms with Crippen LogP contribution in [0, 0.1) is 0 Å². The van der Waals surface area contributed by atoms with Crippen LogP contribution in [0.1, 0.15) is 147 Å². The molecule has 4 aromatic carbocycles. The van der Waals surface area contributed by atoms with Crippen LogP contribution in [0.15, 0.2) is 231 Å². The third-order valence-corrected chi connectivity index (χ3v) is 16.6. The molecule has 0 radical (unpaired) electrons.